The number of hydrogen-bond donors (Lipinski definition) is 1. The average molecular weight is 268 g/mol. The lowest BCUT2D eigenvalue weighted by molar-refractivity contribution is -0.137. The van der Waals surface area contributed by atoms with Gasteiger partial charge in [0.2, 0.25) is 0 Å². The molecule has 1 N–H and O–H groups in total. The average Bonchev–Trinajstić information content (AvgIpc) is 2.63. The van der Waals surface area contributed by atoms with Gasteiger partial charge in [0, 0.05) is 0 Å². The van der Waals surface area contributed by atoms with Crippen LogP contribution in [0, 0.1) is 0 Å². The molecule has 0 saturated carbocycles. The van der Waals surface area contributed by atoms with Gasteiger partial charge in [0.05, 0.1) is 7.11 Å². The van der Waals surface area contributed by atoms with Crippen LogP contribution in [-0.2, 0) is 17.6 Å². The van der Waals surface area contributed by atoms with Gasteiger partial charge in [-0.2, -0.15) is 0 Å². The molecule has 0 amide bonds. The van der Waals surface area contributed by atoms with E-state index in [1.165, 1.54) is 0 Å². The summed E-state index contributed by atoms with van der Waals surface area (Å²) in [6.45, 7) is 0. The third kappa shape index (κ3) is 2.05. The van der Waals surface area contributed by atoms with Crippen LogP contribution in [0.1, 0.15) is 28.2 Å². The highest BCUT2D eigenvalue weighted by Crippen LogP contribution is 2.35. The normalized spacial score (nSPS) is 16.8. The predicted molar refractivity (Wildman–Crippen MR) is 76.3 cm³/mol. The van der Waals surface area contributed by atoms with Crippen LogP contribution >= 0.6 is 0 Å². The molecule has 0 bridgehead atoms. The minimum Gasteiger partial charge on any atom is -0.497 e. The molecule has 3 heteroatoms. The number of carboxylic acid groups (broad SMARTS) is 1. The van der Waals surface area contributed by atoms with Crippen molar-refractivity contribution in [2.75, 3.05) is 7.11 Å². The summed E-state index contributed by atoms with van der Waals surface area (Å²) < 4.78 is 5.25. The summed E-state index contributed by atoms with van der Waals surface area (Å²) in [5.74, 6) is -0.612. The van der Waals surface area contributed by atoms with E-state index in [4.69, 9.17) is 4.74 Å². The Morgan fingerprint density at radius 3 is 2.55 bits per heavy atom. The maximum atomic E-state index is 11.8. The molecule has 102 valence electrons. The van der Waals surface area contributed by atoms with E-state index < -0.39 is 11.9 Å². The molecule has 2 aromatic carbocycles. The zero-order valence-electron chi connectivity index (χ0n) is 11.3. The van der Waals surface area contributed by atoms with Crippen LogP contribution in [-0.4, -0.2) is 18.2 Å². The summed E-state index contributed by atoms with van der Waals surface area (Å²) in [6, 6.07) is 13.5. The Balaban J connectivity index is 2.19. The number of aryl methyl sites for hydroxylation is 2. The zero-order chi connectivity index (χ0) is 14.1. The lowest BCUT2D eigenvalue weighted by atomic mass is 9.88. The maximum absolute atomic E-state index is 11.8. The molecule has 0 radical (unpaired) electrons. The third-order valence-corrected chi connectivity index (χ3v) is 3.94. The first-order valence-corrected chi connectivity index (χ1v) is 6.68. The van der Waals surface area contributed by atoms with Gasteiger partial charge in [-0.25, -0.2) is 0 Å². The number of ether oxygens (including phenoxy) is 1. The van der Waals surface area contributed by atoms with Crippen LogP contribution in [0.2, 0.25) is 0 Å². The second-order valence-corrected chi connectivity index (χ2v) is 5.03. The summed E-state index contributed by atoms with van der Waals surface area (Å²) in [6.07, 6.45) is 1.70. The summed E-state index contributed by atoms with van der Waals surface area (Å²) in [5, 5.41) is 9.65. The van der Waals surface area contributed by atoms with E-state index in [2.05, 4.69) is 0 Å². The van der Waals surface area contributed by atoms with Gasteiger partial charge in [-0.15, -0.1) is 0 Å². The summed E-state index contributed by atoms with van der Waals surface area (Å²) in [7, 11) is 1.63. The second-order valence-electron chi connectivity index (χ2n) is 5.03. The molecule has 0 spiro atoms. The third-order valence-electron chi connectivity index (χ3n) is 3.94. The van der Waals surface area contributed by atoms with Crippen LogP contribution in [0.5, 0.6) is 5.75 Å². The molecule has 20 heavy (non-hydrogen) atoms. The number of benzene rings is 2. The van der Waals surface area contributed by atoms with E-state index in [0.717, 1.165) is 40.8 Å². The number of aliphatic carboxylic acids is 1. The maximum Gasteiger partial charge on any atom is 0.315 e. The molecule has 3 nitrogen and oxygen atoms in total. The van der Waals surface area contributed by atoms with E-state index in [9.17, 15) is 9.90 Å². The van der Waals surface area contributed by atoms with Gasteiger partial charge in [0.15, 0.2) is 0 Å². The topological polar surface area (TPSA) is 46.5 Å². The molecule has 1 unspecified atom stereocenters. The molecular formula is C17H16O3. The van der Waals surface area contributed by atoms with E-state index in [0.29, 0.717) is 0 Å². The van der Waals surface area contributed by atoms with E-state index in [1.807, 2.05) is 42.5 Å². The minimum absolute atomic E-state index is 0.588. The van der Waals surface area contributed by atoms with Crippen LogP contribution in [0.3, 0.4) is 0 Å². The molecule has 1 aliphatic carbocycles. The van der Waals surface area contributed by atoms with E-state index >= 15 is 0 Å². The molecular weight excluding hydrogens is 252 g/mol. The van der Waals surface area contributed by atoms with Crippen molar-refractivity contribution in [2.45, 2.75) is 18.8 Å². The van der Waals surface area contributed by atoms with E-state index in [1.54, 1.807) is 7.11 Å². The quantitative estimate of drug-likeness (QED) is 0.910. The van der Waals surface area contributed by atoms with Gasteiger partial charge in [-0.1, -0.05) is 30.3 Å². The zero-order valence-corrected chi connectivity index (χ0v) is 11.3. The number of carbonyl (C=O) groups is 1. The number of methoxy groups -OCH3 is 1. The van der Waals surface area contributed by atoms with Crippen LogP contribution in [0.25, 0.3) is 0 Å². The van der Waals surface area contributed by atoms with Gasteiger partial charge in [-0.3, -0.25) is 4.79 Å². The van der Waals surface area contributed by atoms with Crippen molar-refractivity contribution in [1.29, 1.82) is 0 Å². The summed E-state index contributed by atoms with van der Waals surface area (Å²) in [5.41, 5.74) is 3.97. The Kier molecular flexibility index (Phi) is 3.18. The van der Waals surface area contributed by atoms with Crippen molar-refractivity contribution in [3.63, 3.8) is 0 Å². The summed E-state index contributed by atoms with van der Waals surface area (Å²) >= 11 is 0. The smallest absolute Gasteiger partial charge is 0.315 e. The Bertz CT molecular complexity index is 661. The van der Waals surface area contributed by atoms with Gasteiger partial charge in [0.1, 0.15) is 11.7 Å². The molecule has 0 heterocycles. The fourth-order valence-electron chi connectivity index (χ4n) is 2.95. The standard InChI is InChI=1S/C17H16O3/c1-20-13-8-9-15-12(10-13)7-6-11-4-2-3-5-14(11)16(15)17(18)19/h2-5,8-10,16H,6-7H2,1H3,(H,18,19). The Hall–Kier alpha value is -2.29. The lowest BCUT2D eigenvalue weighted by Crippen LogP contribution is -2.14. The molecule has 0 aromatic heterocycles. The van der Waals surface area contributed by atoms with Crippen molar-refractivity contribution < 1.29 is 14.6 Å². The van der Waals surface area contributed by atoms with Crippen LogP contribution in [0.4, 0.5) is 0 Å². The van der Waals surface area contributed by atoms with Crippen molar-refractivity contribution >= 4 is 5.97 Å². The number of carboxylic acids is 1. The molecule has 0 fully saturated rings. The first-order chi connectivity index (χ1) is 9.70. The Labute approximate surface area is 117 Å². The van der Waals surface area contributed by atoms with Crippen molar-refractivity contribution in [3.8, 4) is 5.75 Å². The molecule has 0 saturated heterocycles. The van der Waals surface area contributed by atoms with Gasteiger partial charge in [0.25, 0.3) is 0 Å². The largest absolute Gasteiger partial charge is 0.497 e. The molecule has 0 aliphatic heterocycles. The predicted octanol–water partition coefficient (Wildman–Crippen LogP) is 3.01. The SMILES string of the molecule is COc1ccc2c(c1)CCc1ccccc1C2C(=O)O. The van der Waals surface area contributed by atoms with E-state index in [-0.39, 0.29) is 0 Å². The van der Waals surface area contributed by atoms with Crippen LogP contribution < -0.4 is 4.74 Å². The van der Waals surface area contributed by atoms with Gasteiger partial charge in [-0.05, 0) is 47.2 Å². The van der Waals surface area contributed by atoms with Gasteiger partial charge >= 0.3 is 5.97 Å². The van der Waals surface area contributed by atoms with Crippen molar-refractivity contribution in [3.05, 3.63) is 64.7 Å². The fraction of sp³-hybridized carbons (Fsp3) is 0.235. The highest BCUT2D eigenvalue weighted by Gasteiger charge is 2.29. The summed E-state index contributed by atoms with van der Waals surface area (Å²) in [4.78, 5) is 11.8. The highest BCUT2D eigenvalue weighted by atomic mass is 16.5. The van der Waals surface area contributed by atoms with Crippen LogP contribution in [0.15, 0.2) is 42.5 Å². The number of fused-ring (bicyclic) bond motifs is 2. The number of rotatable bonds is 2. The highest BCUT2D eigenvalue weighted by molar-refractivity contribution is 5.82. The molecule has 1 atom stereocenters. The molecule has 1 aliphatic rings. The minimum atomic E-state index is -0.800. The first-order valence-electron chi connectivity index (χ1n) is 6.68. The number of hydrogen-bond acceptors (Lipinski definition) is 2. The van der Waals surface area contributed by atoms with Crippen molar-refractivity contribution in [2.24, 2.45) is 0 Å². The van der Waals surface area contributed by atoms with Gasteiger partial charge < -0.3 is 9.84 Å². The molecule has 3 rings (SSSR count). The first kappa shape index (κ1) is 12.7. The Morgan fingerprint density at radius 1 is 1.10 bits per heavy atom. The Morgan fingerprint density at radius 2 is 1.80 bits per heavy atom. The fourth-order valence-corrected chi connectivity index (χ4v) is 2.95. The monoisotopic (exact) mass is 268 g/mol. The molecule has 2 aromatic rings. The second kappa shape index (κ2) is 5.00. The lowest BCUT2D eigenvalue weighted by Gasteiger charge is -2.16. The van der Waals surface area contributed by atoms with Crippen molar-refractivity contribution in [1.82, 2.24) is 0 Å².